The third-order valence-electron chi connectivity index (χ3n) is 18.6. The van der Waals surface area contributed by atoms with Gasteiger partial charge < -0.3 is 28.4 Å². The Morgan fingerprint density at radius 3 is 0.803 bits per heavy atom. The number of carbonyl (C=O) groups is 2. The van der Waals surface area contributed by atoms with Crippen LogP contribution >= 0.6 is 45.2 Å². The maximum absolute atomic E-state index is 13.7. The molecule has 376 valence electrons. The monoisotopic (exact) mass is 1140 g/mol. The molecule has 0 aromatic carbocycles. The van der Waals surface area contributed by atoms with E-state index in [9.17, 15) is 9.59 Å². The van der Waals surface area contributed by atoms with Crippen LogP contribution in [-0.2, 0) is 38.0 Å². The minimum absolute atomic E-state index is 0.217. The van der Waals surface area contributed by atoms with Crippen molar-refractivity contribution >= 4 is 56.7 Å². The third kappa shape index (κ3) is 15.1. The quantitative estimate of drug-likeness (QED) is 0.112. The Labute approximate surface area is 427 Å². The standard InChI is InChI=1S/C56H90I2O8/c57-40-12-35-54(58)53(36-40)56(60)39-10-17-44(18-11-39)62-42-13-6-37(7-14-42)55(59)38-8-15-43(16-9-38)63-46-23-25-48(26-24-46)65-50-31-33-52(34-32-50)66-51-29-27-49(28-30-51)64-47-21-19-45(20-22-47)61-41-4-2-1-3-5-41/h37-54H,1-36H2. The van der Waals surface area contributed by atoms with Gasteiger partial charge in [-0.15, -0.1) is 0 Å². The Morgan fingerprint density at radius 2 is 0.515 bits per heavy atom. The van der Waals surface area contributed by atoms with Crippen LogP contribution in [0.5, 0.6) is 0 Å². The Bertz CT molecular complexity index is 1440. The summed E-state index contributed by atoms with van der Waals surface area (Å²) < 4.78 is 41.1. The molecule has 9 rings (SSSR count). The first-order valence-corrected chi connectivity index (χ1v) is 31.0. The van der Waals surface area contributed by atoms with E-state index in [0.29, 0.717) is 86.6 Å². The van der Waals surface area contributed by atoms with Gasteiger partial charge in [0.05, 0.1) is 73.2 Å². The molecule has 0 N–H and O–H groups in total. The van der Waals surface area contributed by atoms with Crippen LogP contribution in [0.4, 0.5) is 0 Å². The normalized spacial score (nSPS) is 43.5. The maximum Gasteiger partial charge on any atom is 0.140 e. The number of ketones is 2. The van der Waals surface area contributed by atoms with Crippen molar-refractivity contribution in [2.45, 2.75) is 312 Å². The van der Waals surface area contributed by atoms with Gasteiger partial charge in [-0.05, 0) is 212 Å². The fourth-order valence-corrected chi connectivity index (χ4v) is 16.4. The van der Waals surface area contributed by atoms with Gasteiger partial charge in [-0.25, -0.2) is 0 Å². The van der Waals surface area contributed by atoms with Gasteiger partial charge in [0.1, 0.15) is 11.6 Å². The molecular weight excluding hydrogens is 1050 g/mol. The largest absolute Gasteiger partial charge is 0.375 e. The summed E-state index contributed by atoms with van der Waals surface area (Å²) in [6.07, 6.45) is 45.2. The molecule has 0 aromatic rings. The van der Waals surface area contributed by atoms with Crippen LogP contribution in [0.3, 0.4) is 0 Å². The molecule has 8 nitrogen and oxygen atoms in total. The lowest BCUT2D eigenvalue weighted by molar-refractivity contribution is -0.133. The van der Waals surface area contributed by atoms with Crippen molar-refractivity contribution in [2.24, 2.45) is 23.7 Å². The Balaban J connectivity index is 0.576. The number of ether oxygens (including phenoxy) is 6. The van der Waals surface area contributed by atoms with E-state index in [4.69, 9.17) is 28.4 Å². The highest BCUT2D eigenvalue weighted by Gasteiger charge is 2.40. The molecule has 0 radical (unpaired) electrons. The number of carbonyl (C=O) groups excluding carboxylic acids is 2. The first kappa shape index (κ1) is 51.5. The summed E-state index contributed by atoms with van der Waals surface area (Å²) in [5.74, 6) is 2.03. The fraction of sp³-hybridized carbons (Fsp3) is 0.964. The van der Waals surface area contributed by atoms with Crippen LogP contribution in [0.15, 0.2) is 0 Å². The van der Waals surface area contributed by atoms with Gasteiger partial charge in [-0.2, -0.15) is 0 Å². The Morgan fingerprint density at radius 1 is 0.273 bits per heavy atom. The van der Waals surface area contributed by atoms with Gasteiger partial charge in [0.25, 0.3) is 0 Å². The molecule has 9 fully saturated rings. The first-order valence-electron chi connectivity index (χ1n) is 28.5. The van der Waals surface area contributed by atoms with E-state index < -0.39 is 0 Å². The first-order chi connectivity index (χ1) is 32.3. The minimum atomic E-state index is 0.217. The average Bonchev–Trinajstić information content (AvgIpc) is 3.35. The van der Waals surface area contributed by atoms with Gasteiger partial charge in [0.15, 0.2) is 0 Å². The van der Waals surface area contributed by atoms with Crippen LogP contribution in [0.2, 0.25) is 0 Å². The smallest absolute Gasteiger partial charge is 0.140 e. The number of rotatable bonds is 16. The fourth-order valence-electron chi connectivity index (χ4n) is 14.5. The summed E-state index contributed by atoms with van der Waals surface area (Å²) >= 11 is 5.10. The summed E-state index contributed by atoms with van der Waals surface area (Å²) in [6, 6.07) is 0. The molecule has 0 saturated heterocycles. The molecule has 0 bridgehead atoms. The van der Waals surface area contributed by atoms with Crippen molar-refractivity contribution < 1.29 is 38.0 Å². The lowest BCUT2D eigenvalue weighted by Crippen LogP contribution is -2.38. The highest BCUT2D eigenvalue weighted by Crippen LogP contribution is 2.42. The molecule has 0 heterocycles. The zero-order chi connectivity index (χ0) is 45.2. The van der Waals surface area contributed by atoms with Crippen LogP contribution < -0.4 is 0 Å². The predicted octanol–water partition coefficient (Wildman–Crippen LogP) is 13.9. The Hall–Kier alpha value is 0.560. The molecule has 66 heavy (non-hydrogen) atoms. The van der Waals surface area contributed by atoms with Gasteiger partial charge >= 0.3 is 0 Å². The molecule has 0 spiro atoms. The highest BCUT2D eigenvalue weighted by atomic mass is 127. The summed E-state index contributed by atoms with van der Waals surface area (Å²) in [5.41, 5.74) is 0. The topological polar surface area (TPSA) is 89.5 Å². The molecule has 0 amide bonds. The summed E-state index contributed by atoms with van der Waals surface area (Å²) in [7, 11) is 0. The minimum Gasteiger partial charge on any atom is -0.375 e. The summed E-state index contributed by atoms with van der Waals surface area (Å²) in [6.45, 7) is 0. The highest BCUT2D eigenvalue weighted by molar-refractivity contribution is 14.1. The second kappa shape index (κ2) is 26.0. The molecule has 3 unspecified atom stereocenters. The zero-order valence-electron chi connectivity index (χ0n) is 40.9. The van der Waals surface area contributed by atoms with Gasteiger partial charge in [0, 0.05) is 31.5 Å². The Kier molecular flexibility index (Phi) is 20.3. The van der Waals surface area contributed by atoms with E-state index in [1.807, 2.05) is 0 Å². The average molecular weight is 1150 g/mol. The molecule has 10 heteroatoms. The number of hydrogen-bond donors (Lipinski definition) is 0. The van der Waals surface area contributed by atoms with Crippen molar-refractivity contribution in [3.8, 4) is 0 Å². The van der Waals surface area contributed by atoms with Crippen molar-refractivity contribution in [1.29, 1.82) is 0 Å². The SMILES string of the molecule is O=C(C1CCC(OC2CCC(OC3CCC(OC4CCC(OC5CCC(OC6CCCCC6)CC5)CC4)CC3)CC2)CC1)C1CCC(OC2CCC(C(=O)C3CC(I)CCC3I)CC2)CC1. The maximum atomic E-state index is 13.7. The van der Waals surface area contributed by atoms with E-state index in [2.05, 4.69) is 45.2 Å². The van der Waals surface area contributed by atoms with Gasteiger partial charge in [-0.1, -0.05) is 64.4 Å². The number of Topliss-reactive ketones (excluding diaryl/α,β-unsaturated/α-hetero) is 2. The molecule has 0 aliphatic heterocycles. The molecule has 9 saturated carbocycles. The molecule has 9 aliphatic carbocycles. The van der Waals surface area contributed by atoms with Crippen molar-refractivity contribution in [2.75, 3.05) is 0 Å². The van der Waals surface area contributed by atoms with Crippen LogP contribution in [0.1, 0.15) is 231 Å². The summed E-state index contributed by atoms with van der Waals surface area (Å²) in [4.78, 5) is 27.1. The van der Waals surface area contributed by atoms with E-state index in [1.54, 1.807) is 0 Å². The van der Waals surface area contributed by atoms with Crippen LogP contribution in [0.25, 0.3) is 0 Å². The second-order valence-corrected chi connectivity index (χ2v) is 26.8. The lowest BCUT2D eigenvalue weighted by Gasteiger charge is -2.38. The van der Waals surface area contributed by atoms with Gasteiger partial charge in [-0.3, -0.25) is 9.59 Å². The van der Waals surface area contributed by atoms with Crippen molar-refractivity contribution in [1.82, 2.24) is 0 Å². The number of halogens is 2. The number of alkyl halides is 2. The molecular formula is C56H90I2O8. The van der Waals surface area contributed by atoms with E-state index in [1.165, 1.54) is 70.6 Å². The summed E-state index contributed by atoms with van der Waals surface area (Å²) in [5, 5.41) is 0. The number of hydrogen-bond acceptors (Lipinski definition) is 8. The second-order valence-electron chi connectivity index (χ2n) is 23.4. The lowest BCUT2D eigenvalue weighted by atomic mass is 9.75. The van der Waals surface area contributed by atoms with Crippen LogP contribution in [-0.4, -0.2) is 92.7 Å². The van der Waals surface area contributed by atoms with E-state index >= 15 is 0 Å². The predicted molar refractivity (Wildman–Crippen MR) is 278 cm³/mol. The van der Waals surface area contributed by atoms with E-state index in [-0.39, 0.29) is 29.8 Å². The molecule has 9 aliphatic rings. The van der Waals surface area contributed by atoms with Crippen molar-refractivity contribution in [3.63, 3.8) is 0 Å². The van der Waals surface area contributed by atoms with Crippen molar-refractivity contribution in [3.05, 3.63) is 0 Å². The zero-order valence-corrected chi connectivity index (χ0v) is 45.2. The van der Waals surface area contributed by atoms with E-state index in [0.717, 1.165) is 161 Å². The van der Waals surface area contributed by atoms with Gasteiger partial charge in [0.2, 0.25) is 0 Å². The third-order valence-corrected chi connectivity index (χ3v) is 21.3. The van der Waals surface area contributed by atoms with Crippen LogP contribution in [0, 0.1) is 23.7 Å². The molecule has 0 aromatic heterocycles. The molecule has 3 atom stereocenters.